The minimum atomic E-state index is -2.39. The van der Waals surface area contributed by atoms with Gasteiger partial charge in [-0.05, 0) is 43.6 Å². The predicted octanol–water partition coefficient (Wildman–Crippen LogP) is 2.94. The Bertz CT molecular complexity index is 196. The lowest BCUT2D eigenvalue weighted by Crippen LogP contribution is -2.46. The SMILES string of the molecule is NCC1(C2CCC(F)(F)CC2)CCC1. The quantitative estimate of drug-likeness (QED) is 0.733. The van der Waals surface area contributed by atoms with E-state index in [1.807, 2.05) is 0 Å². The maximum atomic E-state index is 13.0. The van der Waals surface area contributed by atoms with Gasteiger partial charge in [0.15, 0.2) is 0 Å². The summed E-state index contributed by atoms with van der Waals surface area (Å²) < 4.78 is 25.9. The summed E-state index contributed by atoms with van der Waals surface area (Å²) in [5.41, 5.74) is 6.03. The van der Waals surface area contributed by atoms with Gasteiger partial charge >= 0.3 is 0 Å². The molecule has 0 heterocycles. The van der Waals surface area contributed by atoms with Crippen molar-refractivity contribution in [3.05, 3.63) is 0 Å². The lowest BCUT2D eigenvalue weighted by molar-refractivity contribution is -0.0767. The molecule has 0 spiro atoms. The van der Waals surface area contributed by atoms with Gasteiger partial charge in [-0.25, -0.2) is 8.78 Å². The first-order valence-corrected chi connectivity index (χ1v) is 5.66. The van der Waals surface area contributed by atoms with Crippen molar-refractivity contribution in [3.63, 3.8) is 0 Å². The van der Waals surface area contributed by atoms with Gasteiger partial charge < -0.3 is 5.73 Å². The molecule has 0 unspecified atom stereocenters. The minimum Gasteiger partial charge on any atom is -0.330 e. The lowest BCUT2D eigenvalue weighted by atomic mass is 9.57. The van der Waals surface area contributed by atoms with Crippen molar-refractivity contribution in [2.75, 3.05) is 6.54 Å². The molecule has 0 atom stereocenters. The van der Waals surface area contributed by atoms with Gasteiger partial charge in [-0.1, -0.05) is 6.42 Å². The van der Waals surface area contributed by atoms with Gasteiger partial charge in [0.25, 0.3) is 0 Å². The highest BCUT2D eigenvalue weighted by molar-refractivity contribution is 4.96. The number of nitrogens with two attached hydrogens (primary N) is 1. The van der Waals surface area contributed by atoms with Gasteiger partial charge in [0.05, 0.1) is 0 Å². The van der Waals surface area contributed by atoms with Crippen molar-refractivity contribution >= 4 is 0 Å². The van der Waals surface area contributed by atoms with Crippen molar-refractivity contribution in [2.24, 2.45) is 17.1 Å². The number of hydrogen-bond donors (Lipinski definition) is 1. The molecule has 0 aliphatic heterocycles. The molecule has 0 bridgehead atoms. The first-order chi connectivity index (χ1) is 6.58. The van der Waals surface area contributed by atoms with E-state index in [0.29, 0.717) is 25.3 Å². The third-order valence-electron chi connectivity index (χ3n) is 4.34. The Balaban J connectivity index is 1.94. The second-order valence-electron chi connectivity index (χ2n) is 5.05. The van der Waals surface area contributed by atoms with Crippen molar-refractivity contribution in [1.29, 1.82) is 0 Å². The molecule has 0 aromatic heterocycles. The van der Waals surface area contributed by atoms with Gasteiger partial charge in [0.1, 0.15) is 0 Å². The summed E-state index contributed by atoms with van der Waals surface area (Å²) >= 11 is 0. The van der Waals surface area contributed by atoms with Crippen molar-refractivity contribution in [2.45, 2.75) is 50.9 Å². The Labute approximate surface area is 84.0 Å². The Morgan fingerprint density at radius 3 is 2.00 bits per heavy atom. The molecule has 2 aliphatic rings. The summed E-state index contributed by atoms with van der Waals surface area (Å²) in [6.07, 6.45) is 5.11. The lowest BCUT2D eigenvalue weighted by Gasteiger charge is -2.49. The maximum Gasteiger partial charge on any atom is 0.248 e. The predicted molar refractivity (Wildman–Crippen MR) is 52.2 cm³/mol. The monoisotopic (exact) mass is 203 g/mol. The first kappa shape index (κ1) is 10.3. The summed E-state index contributed by atoms with van der Waals surface area (Å²) in [7, 11) is 0. The van der Waals surface area contributed by atoms with Crippen LogP contribution in [0.5, 0.6) is 0 Å². The summed E-state index contributed by atoms with van der Waals surface area (Å²) in [5.74, 6) is -1.92. The van der Waals surface area contributed by atoms with E-state index in [9.17, 15) is 8.78 Å². The topological polar surface area (TPSA) is 26.0 Å². The molecule has 2 saturated carbocycles. The second kappa shape index (κ2) is 3.44. The Hall–Kier alpha value is -0.180. The molecule has 2 rings (SSSR count). The Kier molecular flexibility index (Phi) is 2.54. The van der Waals surface area contributed by atoms with E-state index in [1.54, 1.807) is 0 Å². The van der Waals surface area contributed by atoms with Gasteiger partial charge in [-0.2, -0.15) is 0 Å². The van der Waals surface area contributed by atoms with E-state index >= 15 is 0 Å². The van der Waals surface area contributed by atoms with Crippen LogP contribution in [0.25, 0.3) is 0 Å². The average Bonchev–Trinajstić information content (AvgIpc) is 2.06. The molecular weight excluding hydrogens is 184 g/mol. The van der Waals surface area contributed by atoms with E-state index in [1.165, 1.54) is 19.3 Å². The van der Waals surface area contributed by atoms with E-state index in [0.717, 1.165) is 0 Å². The highest BCUT2D eigenvalue weighted by Gasteiger charge is 2.47. The molecule has 14 heavy (non-hydrogen) atoms. The number of alkyl halides is 2. The molecule has 3 heteroatoms. The average molecular weight is 203 g/mol. The summed E-state index contributed by atoms with van der Waals surface area (Å²) in [6, 6.07) is 0. The van der Waals surface area contributed by atoms with Crippen LogP contribution in [0.2, 0.25) is 0 Å². The Morgan fingerprint density at radius 1 is 1.07 bits per heavy atom. The molecule has 2 aliphatic carbocycles. The first-order valence-electron chi connectivity index (χ1n) is 5.66. The second-order valence-corrected chi connectivity index (χ2v) is 5.05. The molecule has 82 valence electrons. The van der Waals surface area contributed by atoms with Crippen LogP contribution < -0.4 is 5.73 Å². The largest absolute Gasteiger partial charge is 0.330 e. The van der Waals surface area contributed by atoms with Gasteiger partial charge in [0.2, 0.25) is 5.92 Å². The fourth-order valence-electron chi connectivity index (χ4n) is 3.06. The van der Waals surface area contributed by atoms with Crippen LogP contribution in [-0.4, -0.2) is 12.5 Å². The van der Waals surface area contributed by atoms with Crippen LogP contribution in [0.3, 0.4) is 0 Å². The smallest absolute Gasteiger partial charge is 0.248 e. The molecule has 0 aromatic rings. The summed E-state index contributed by atoms with van der Waals surface area (Å²) in [5, 5.41) is 0. The van der Waals surface area contributed by atoms with Crippen LogP contribution in [0.1, 0.15) is 44.9 Å². The van der Waals surface area contributed by atoms with Gasteiger partial charge in [-0.3, -0.25) is 0 Å². The van der Waals surface area contributed by atoms with E-state index in [2.05, 4.69) is 0 Å². The molecular formula is C11H19F2N. The number of halogens is 2. The molecule has 0 radical (unpaired) electrons. The fraction of sp³-hybridized carbons (Fsp3) is 1.00. The van der Waals surface area contributed by atoms with Crippen molar-refractivity contribution in [1.82, 2.24) is 0 Å². The van der Waals surface area contributed by atoms with E-state index in [4.69, 9.17) is 5.73 Å². The van der Waals surface area contributed by atoms with Gasteiger partial charge in [0, 0.05) is 12.8 Å². The Morgan fingerprint density at radius 2 is 1.64 bits per heavy atom. The van der Waals surface area contributed by atoms with Crippen LogP contribution >= 0.6 is 0 Å². The molecule has 1 nitrogen and oxygen atoms in total. The molecule has 0 saturated heterocycles. The van der Waals surface area contributed by atoms with E-state index < -0.39 is 5.92 Å². The zero-order valence-corrected chi connectivity index (χ0v) is 8.57. The number of hydrogen-bond acceptors (Lipinski definition) is 1. The van der Waals surface area contributed by atoms with Crippen LogP contribution in [0.15, 0.2) is 0 Å². The highest BCUT2D eigenvalue weighted by Crippen LogP contribution is 2.53. The van der Waals surface area contributed by atoms with Crippen LogP contribution in [0.4, 0.5) is 8.78 Å². The van der Waals surface area contributed by atoms with Crippen molar-refractivity contribution < 1.29 is 8.78 Å². The van der Waals surface area contributed by atoms with Crippen LogP contribution in [0, 0.1) is 11.3 Å². The molecule has 0 aromatic carbocycles. The highest BCUT2D eigenvalue weighted by atomic mass is 19.3. The fourth-order valence-corrected chi connectivity index (χ4v) is 3.06. The molecule has 2 fully saturated rings. The zero-order chi connectivity index (χ0) is 10.2. The third-order valence-corrected chi connectivity index (χ3v) is 4.34. The van der Waals surface area contributed by atoms with Crippen LogP contribution in [-0.2, 0) is 0 Å². The summed E-state index contributed by atoms with van der Waals surface area (Å²) in [6.45, 7) is 0.698. The normalized spacial score (nSPS) is 31.1. The van der Waals surface area contributed by atoms with Crippen molar-refractivity contribution in [3.8, 4) is 0 Å². The summed E-state index contributed by atoms with van der Waals surface area (Å²) in [4.78, 5) is 0. The van der Waals surface area contributed by atoms with Gasteiger partial charge in [-0.15, -0.1) is 0 Å². The minimum absolute atomic E-state index is 0.0828. The standard InChI is InChI=1S/C11H19F2N/c12-11(13)6-2-9(3-7-11)10(8-14)4-1-5-10/h9H,1-8,14H2. The zero-order valence-electron chi connectivity index (χ0n) is 8.57. The molecule has 0 amide bonds. The third kappa shape index (κ3) is 1.67. The molecule has 2 N–H and O–H groups in total. The number of rotatable bonds is 2. The van der Waals surface area contributed by atoms with E-state index in [-0.39, 0.29) is 18.3 Å². The maximum absolute atomic E-state index is 13.0.